The van der Waals surface area contributed by atoms with Crippen molar-refractivity contribution in [1.29, 1.82) is 5.26 Å². The number of pyridine rings is 1. The third-order valence-electron chi connectivity index (χ3n) is 4.51. The lowest BCUT2D eigenvalue weighted by Gasteiger charge is -2.14. The lowest BCUT2D eigenvalue weighted by atomic mass is 9.98. The van der Waals surface area contributed by atoms with Crippen LogP contribution in [0.5, 0.6) is 0 Å². The van der Waals surface area contributed by atoms with E-state index in [9.17, 15) is 14.9 Å². The molecule has 2 aromatic heterocycles. The van der Waals surface area contributed by atoms with Crippen LogP contribution >= 0.6 is 0 Å². The molecule has 0 aliphatic rings. The number of nitriles is 1. The van der Waals surface area contributed by atoms with Crippen molar-refractivity contribution in [3.05, 3.63) is 92.6 Å². The van der Waals surface area contributed by atoms with Crippen LogP contribution in [0.2, 0.25) is 0 Å². The molecule has 7 heteroatoms. The van der Waals surface area contributed by atoms with Gasteiger partial charge in [0.05, 0.1) is 11.9 Å². The number of aromatic amines is 1. The molecule has 4 rings (SSSR count). The monoisotopic (exact) mass is 369 g/mol. The normalized spacial score (nSPS) is 10.7. The number of nitrogens with one attached hydrogen (secondary N) is 1. The quantitative estimate of drug-likeness (QED) is 0.574. The summed E-state index contributed by atoms with van der Waals surface area (Å²) in [5.41, 5.74) is 6.98. The van der Waals surface area contributed by atoms with E-state index in [0.717, 1.165) is 5.56 Å². The molecular formula is C21H15N5O2. The number of benzene rings is 2. The minimum Gasteiger partial charge on any atom is -0.383 e. The van der Waals surface area contributed by atoms with Gasteiger partial charge in [0, 0.05) is 5.56 Å². The summed E-state index contributed by atoms with van der Waals surface area (Å²) in [5, 5.41) is 9.78. The van der Waals surface area contributed by atoms with E-state index in [4.69, 9.17) is 5.73 Å². The highest BCUT2D eigenvalue weighted by Gasteiger charge is 2.20. The van der Waals surface area contributed by atoms with Gasteiger partial charge in [-0.15, -0.1) is 0 Å². The standard InChI is InChI=1S/C21H15N5O2/c22-11-15-16(14-9-5-2-6-10-14)17-19(24-18(15)23)26(21(28)25-20(17)27)12-13-7-3-1-4-8-13/h1-10H,12H2,(H2,23,24)(H,25,27,28). The van der Waals surface area contributed by atoms with Gasteiger partial charge in [-0.3, -0.25) is 14.3 Å². The van der Waals surface area contributed by atoms with Crippen LogP contribution in [0, 0.1) is 11.3 Å². The van der Waals surface area contributed by atoms with Crippen molar-refractivity contribution in [2.75, 3.05) is 5.73 Å². The summed E-state index contributed by atoms with van der Waals surface area (Å²) < 4.78 is 1.36. The average Bonchev–Trinajstić information content (AvgIpc) is 2.71. The lowest BCUT2D eigenvalue weighted by molar-refractivity contribution is 0.747. The summed E-state index contributed by atoms with van der Waals surface area (Å²) in [6.45, 7) is 0.208. The number of anilines is 1. The highest BCUT2D eigenvalue weighted by Crippen LogP contribution is 2.31. The van der Waals surface area contributed by atoms with Crippen LogP contribution in [0.25, 0.3) is 22.2 Å². The van der Waals surface area contributed by atoms with Gasteiger partial charge in [0.15, 0.2) is 5.65 Å². The predicted molar refractivity (Wildman–Crippen MR) is 107 cm³/mol. The van der Waals surface area contributed by atoms with Crippen molar-refractivity contribution >= 4 is 16.9 Å². The number of H-pyrrole nitrogens is 1. The third-order valence-corrected chi connectivity index (χ3v) is 4.51. The summed E-state index contributed by atoms with van der Waals surface area (Å²) in [6.07, 6.45) is 0. The molecule has 0 aliphatic heterocycles. The molecule has 0 unspecified atom stereocenters. The summed E-state index contributed by atoms with van der Waals surface area (Å²) in [5.74, 6) is -0.0272. The SMILES string of the molecule is N#Cc1c(N)nc2c(c1-c1ccccc1)c(=O)[nH]c(=O)n2Cc1ccccc1. The van der Waals surface area contributed by atoms with Crippen LogP contribution in [0.1, 0.15) is 11.1 Å². The Morgan fingerprint density at radius 1 is 1.04 bits per heavy atom. The Morgan fingerprint density at radius 3 is 2.32 bits per heavy atom. The summed E-state index contributed by atoms with van der Waals surface area (Å²) in [6, 6.07) is 20.4. The van der Waals surface area contributed by atoms with Gasteiger partial charge in [0.1, 0.15) is 17.5 Å². The molecule has 0 radical (unpaired) electrons. The second-order valence-corrected chi connectivity index (χ2v) is 6.25. The Labute approximate surface area is 159 Å². The highest BCUT2D eigenvalue weighted by molar-refractivity contribution is 5.97. The van der Waals surface area contributed by atoms with E-state index in [1.165, 1.54) is 4.57 Å². The zero-order valence-electron chi connectivity index (χ0n) is 14.7. The van der Waals surface area contributed by atoms with Gasteiger partial charge in [-0.05, 0) is 11.1 Å². The number of hydrogen-bond donors (Lipinski definition) is 2. The molecule has 0 bridgehead atoms. The maximum absolute atomic E-state index is 12.7. The molecule has 0 aliphatic carbocycles. The van der Waals surface area contributed by atoms with Crippen molar-refractivity contribution < 1.29 is 0 Å². The number of nitrogen functional groups attached to an aromatic ring is 1. The zero-order chi connectivity index (χ0) is 19.7. The fourth-order valence-corrected chi connectivity index (χ4v) is 3.24. The number of rotatable bonds is 3. The van der Waals surface area contributed by atoms with Crippen molar-refractivity contribution in [2.45, 2.75) is 6.54 Å². The number of fused-ring (bicyclic) bond motifs is 1. The highest BCUT2D eigenvalue weighted by atomic mass is 16.2. The van der Waals surface area contributed by atoms with Crippen LogP contribution in [0.4, 0.5) is 5.82 Å². The van der Waals surface area contributed by atoms with Gasteiger partial charge in [-0.2, -0.15) is 5.26 Å². The van der Waals surface area contributed by atoms with Crippen LogP contribution in [0.3, 0.4) is 0 Å². The van der Waals surface area contributed by atoms with Crippen molar-refractivity contribution in [3.8, 4) is 17.2 Å². The molecule has 3 N–H and O–H groups in total. The van der Waals surface area contributed by atoms with E-state index >= 15 is 0 Å². The molecule has 7 nitrogen and oxygen atoms in total. The Hall–Kier alpha value is -4.18. The van der Waals surface area contributed by atoms with E-state index in [2.05, 4.69) is 9.97 Å². The molecule has 0 saturated heterocycles. The molecule has 0 atom stereocenters. The summed E-state index contributed by atoms with van der Waals surface area (Å²) >= 11 is 0. The number of hydrogen-bond acceptors (Lipinski definition) is 5. The molecular weight excluding hydrogens is 354 g/mol. The van der Waals surface area contributed by atoms with E-state index in [-0.39, 0.29) is 29.0 Å². The maximum Gasteiger partial charge on any atom is 0.330 e. The number of nitrogens with zero attached hydrogens (tertiary/aromatic N) is 3. The van der Waals surface area contributed by atoms with Crippen molar-refractivity contribution in [3.63, 3.8) is 0 Å². The first-order chi connectivity index (χ1) is 13.6. The van der Waals surface area contributed by atoms with Gasteiger partial charge < -0.3 is 5.73 Å². The van der Waals surface area contributed by atoms with E-state index in [1.54, 1.807) is 24.3 Å². The molecule has 0 fully saturated rings. The number of aromatic nitrogens is 3. The van der Waals surface area contributed by atoms with Crippen LogP contribution in [-0.4, -0.2) is 14.5 Å². The van der Waals surface area contributed by atoms with Gasteiger partial charge in [-0.1, -0.05) is 60.7 Å². The fraction of sp³-hybridized carbons (Fsp3) is 0.0476. The van der Waals surface area contributed by atoms with Gasteiger partial charge >= 0.3 is 5.69 Å². The molecule has 28 heavy (non-hydrogen) atoms. The minimum atomic E-state index is -0.604. The van der Waals surface area contributed by atoms with Gasteiger partial charge in [0.25, 0.3) is 5.56 Å². The largest absolute Gasteiger partial charge is 0.383 e. The van der Waals surface area contributed by atoms with Gasteiger partial charge in [0.2, 0.25) is 0 Å². The van der Waals surface area contributed by atoms with Gasteiger partial charge in [-0.25, -0.2) is 9.78 Å². The topological polar surface area (TPSA) is 118 Å². The Balaban J connectivity index is 2.12. The predicted octanol–water partition coefficient (Wildman–Crippen LogP) is 2.25. The molecule has 0 amide bonds. The van der Waals surface area contributed by atoms with Crippen LogP contribution in [-0.2, 0) is 6.54 Å². The third kappa shape index (κ3) is 2.83. The summed E-state index contributed by atoms with van der Waals surface area (Å²) in [7, 11) is 0. The smallest absolute Gasteiger partial charge is 0.330 e. The molecule has 2 heterocycles. The Morgan fingerprint density at radius 2 is 1.68 bits per heavy atom. The first-order valence-corrected chi connectivity index (χ1v) is 8.56. The summed E-state index contributed by atoms with van der Waals surface area (Å²) in [4.78, 5) is 31.8. The van der Waals surface area contributed by atoms with E-state index in [1.807, 2.05) is 42.5 Å². The number of nitrogens with two attached hydrogens (primary N) is 1. The van der Waals surface area contributed by atoms with Crippen LogP contribution < -0.4 is 17.0 Å². The second-order valence-electron chi connectivity index (χ2n) is 6.25. The average molecular weight is 369 g/mol. The zero-order valence-corrected chi connectivity index (χ0v) is 14.7. The van der Waals surface area contributed by atoms with Crippen molar-refractivity contribution in [2.24, 2.45) is 0 Å². The minimum absolute atomic E-state index is 0.0272. The second kappa shape index (κ2) is 6.85. The molecule has 0 spiro atoms. The van der Waals surface area contributed by atoms with E-state index in [0.29, 0.717) is 11.1 Å². The van der Waals surface area contributed by atoms with Crippen LogP contribution in [0.15, 0.2) is 70.3 Å². The molecule has 4 aromatic rings. The lowest BCUT2D eigenvalue weighted by Crippen LogP contribution is -2.32. The maximum atomic E-state index is 12.7. The molecule has 0 saturated carbocycles. The Kier molecular flexibility index (Phi) is 4.22. The fourth-order valence-electron chi connectivity index (χ4n) is 3.24. The van der Waals surface area contributed by atoms with E-state index < -0.39 is 11.2 Å². The molecule has 136 valence electrons. The van der Waals surface area contributed by atoms with Crippen molar-refractivity contribution in [1.82, 2.24) is 14.5 Å². The molecule has 2 aromatic carbocycles. The Bertz CT molecular complexity index is 1330. The first-order valence-electron chi connectivity index (χ1n) is 8.56. The first kappa shape index (κ1) is 17.2.